The van der Waals surface area contributed by atoms with E-state index >= 15 is 0 Å². The number of aromatic nitrogens is 2. The lowest BCUT2D eigenvalue weighted by Crippen LogP contribution is -2.18. The number of nitrogen functional groups attached to an aromatic ring is 1. The molecule has 1 heterocycles. The first-order chi connectivity index (χ1) is 9.40. The van der Waals surface area contributed by atoms with Gasteiger partial charge in [-0.1, -0.05) is 30.3 Å². The van der Waals surface area contributed by atoms with E-state index in [1.165, 1.54) is 0 Å². The molecule has 0 amide bonds. The molecular formula is C13H13F3N4. The maximum atomic E-state index is 12.5. The first-order valence-electron chi connectivity index (χ1n) is 5.87. The van der Waals surface area contributed by atoms with Crippen LogP contribution in [-0.2, 0) is 6.42 Å². The summed E-state index contributed by atoms with van der Waals surface area (Å²) in [5.41, 5.74) is 4.07. The Morgan fingerprint density at radius 3 is 2.35 bits per heavy atom. The quantitative estimate of drug-likeness (QED) is 0.671. The molecule has 106 valence electrons. The molecule has 20 heavy (non-hydrogen) atoms. The predicted octanol–water partition coefficient (Wildman–Crippen LogP) is 2.84. The van der Waals surface area contributed by atoms with E-state index in [-0.39, 0.29) is 11.6 Å². The lowest BCUT2D eigenvalue weighted by Gasteiger charge is -2.13. The molecule has 0 atom stereocenters. The Labute approximate surface area is 113 Å². The Balaban J connectivity index is 2.53. The molecule has 1 aromatic heterocycles. The van der Waals surface area contributed by atoms with E-state index in [2.05, 4.69) is 15.4 Å². The van der Waals surface area contributed by atoms with Gasteiger partial charge in [0.2, 0.25) is 0 Å². The van der Waals surface area contributed by atoms with E-state index in [1.54, 1.807) is 31.2 Å². The van der Waals surface area contributed by atoms with Gasteiger partial charge >= 0.3 is 6.18 Å². The van der Waals surface area contributed by atoms with Crippen LogP contribution in [0.3, 0.4) is 0 Å². The molecule has 2 rings (SSSR count). The topological polar surface area (TPSA) is 63.8 Å². The van der Waals surface area contributed by atoms with Gasteiger partial charge in [-0.25, -0.2) is 15.8 Å². The van der Waals surface area contributed by atoms with Crippen LogP contribution in [0.15, 0.2) is 30.3 Å². The van der Waals surface area contributed by atoms with Gasteiger partial charge in [-0.05, 0) is 6.92 Å². The third kappa shape index (κ3) is 3.24. The zero-order valence-electron chi connectivity index (χ0n) is 10.7. The summed E-state index contributed by atoms with van der Waals surface area (Å²) in [5, 5.41) is 0. The highest BCUT2D eigenvalue weighted by atomic mass is 19.4. The number of hydrogen-bond acceptors (Lipinski definition) is 4. The zero-order chi connectivity index (χ0) is 14.8. The van der Waals surface area contributed by atoms with Crippen LogP contribution in [0.2, 0.25) is 0 Å². The van der Waals surface area contributed by atoms with Gasteiger partial charge in [-0.15, -0.1) is 0 Å². The van der Waals surface area contributed by atoms with Crippen molar-refractivity contribution >= 4 is 5.82 Å². The fraction of sp³-hybridized carbons (Fsp3) is 0.231. The zero-order valence-corrected chi connectivity index (χ0v) is 10.7. The van der Waals surface area contributed by atoms with Crippen molar-refractivity contribution in [3.63, 3.8) is 0 Å². The third-order valence-electron chi connectivity index (χ3n) is 2.73. The minimum Gasteiger partial charge on any atom is -0.308 e. The number of hydrogen-bond donors (Lipinski definition) is 2. The average Bonchev–Trinajstić information content (AvgIpc) is 2.40. The summed E-state index contributed by atoms with van der Waals surface area (Å²) >= 11 is 0. The molecule has 0 unspecified atom stereocenters. The smallest absolute Gasteiger partial charge is 0.308 e. The molecule has 2 aromatic rings. The number of benzene rings is 1. The summed E-state index contributed by atoms with van der Waals surface area (Å²) in [6.07, 6.45) is -5.56. The molecule has 3 N–H and O–H groups in total. The van der Waals surface area contributed by atoms with E-state index in [0.717, 1.165) is 0 Å². The van der Waals surface area contributed by atoms with Crippen molar-refractivity contribution in [1.29, 1.82) is 0 Å². The number of halogens is 3. The van der Waals surface area contributed by atoms with Crippen molar-refractivity contribution in [2.75, 3.05) is 5.43 Å². The Morgan fingerprint density at radius 1 is 1.15 bits per heavy atom. The fourth-order valence-corrected chi connectivity index (χ4v) is 1.84. The summed E-state index contributed by atoms with van der Waals surface area (Å²) in [7, 11) is 0. The molecule has 0 saturated carbocycles. The molecule has 0 fully saturated rings. The van der Waals surface area contributed by atoms with Crippen LogP contribution < -0.4 is 11.3 Å². The van der Waals surface area contributed by atoms with Crippen LogP contribution in [0.1, 0.15) is 11.4 Å². The van der Waals surface area contributed by atoms with Gasteiger partial charge in [0.25, 0.3) is 0 Å². The SMILES string of the molecule is Cc1c(NN)nc(CC(F)(F)F)nc1-c1ccccc1. The lowest BCUT2D eigenvalue weighted by molar-refractivity contribution is -0.128. The van der Waals surface area contributed by atoms with E-state index in [1.807, 2.05) is 6.07 Å². The minimum atomic E-state index is -4.37. The molecule has 7 heteroatoms. The van der Waals surface area contributed by atoms with Crippen molar-refractivity contribution in [2.45, 2.75) is 19.5 Å². The second-order valence-corrected chi connectivity index (χ2v) is 4.26. The third-order valence-corrected chi connectivity index (χ3v) is 2.73. The lowest BCUT2D eigenvalue weighted by atomic mass is 10.1. The number of alkyl halides is 3. The summed E-state index contributed by atoms with van der Waals surface area (Å²) in [4.78, 5) is 7.80. The number of hydrazine groups is 1. The van der Waals surface area contributed by atoms with Crippen molar-refractivity contribution in [3.8, 4) is 11.3 Å². The van der Waals surface area contributed by atoms with Gasteiger partial charge in [0.15, 0.2) is 0 Å². The van der Waals surface area contributed by atoms with Crippen LogP contribution in [0.4, 0.5) is 19.0 Å². The summed E-state index contributed by atoms with van der Waals surface area (Å²) in [5.74, 6) is 5.19. The number of nitrogens with one attached hydrogen (secondary N) is 1. The second-order valence-electron chi connectivity index (χ2n) is 4.26. The normalized spacial score (nSPS) is 11.4. The molecule has 1 aromatic carbocycles. The van der Waals surface area contributed by atoms with Gasteiger partial charge in [0.1, 0.15) is 18.1 Å². The molecule has 0 radical (unpaired) electrons. The predicted molar refractivity (Wildman–Crippen MR) is 69.8 cm³/mol. The molecule has 0 aliphatic carbocycles. The molecule has 0 aliphatic heterocycles. The first-order valence-corrected chi connectivity index (χ1v) is 5.87. The van der Waals surface area contributed by atoms with Gasteiger partial charge < -0.3 is 5.43 Å². The summed E-state index contributed by atoms with van der Waals surface area (Å²) < 4.78 is 37.4. The van der Waals surface area contributed by atoms with Crippen LogP contribution in [0, 0.1) is 6.92 Å². The van der Waals surface area contributed by atoms with Gasteiger partial charge in [0, 0.05) is 11.1 Å². The number of rotatable bonds is 3. The molecule has 0 saturated heterocycles. The molecule has 0 aliphatic rings. The maximum absolute atomic E-state index is 12.5. The van der Waals surface area contributed by atoms with Crippen molar-refractivity contribution in [1.82, 2.24) is 9.97 Å². The Bertz CT molecular complexity index is 597. The van der Waals surface area contributed by atoms with E-state index in [4.69, 9.17) is 5.84 Å². The van der Waals surface area contributed by atoms with E-state index in [0.29, 0.717) is 16.8 Å². The largest absolute Gasteiger partial charge is 0.396 e. The highest BCUT2D eigenvalue weighted by molar-refractivity contribution is 5.67. The standard InChI is InChI=1S/C13H13F3N4/c1-8-11(9-5-3-2-4-6-9)18-10(7-13(14,15)16)19-12(8)20-17/h2-6H,7,17H2,1H3,(H,18,19,20). The summed E-state index contributed by atoms with van der Waals surface area (Å²) in [6.45, 7) is 1.70. The van der Waals surface area contributed by atoms with Crippen LogP contribution in [0.5, 0.6) is 0 Å². The molecule has 0 bridgehead atoms. The van der Waals surface area contributed by atoms with Crippen LogP contribution >= 0.6 is 0 Å². The number of nitrogens with two attached hydrogens (primary N) is 1. The monoisotopic (exact) mass is 282 g/mol. The Hall–Kier alpha value is -2.15. The van der Waals surface area contributed by atoms with Gasteiger partial charge in [-0.2, -0.15) is 13.2 Å². The molecule has 4 nitrogen and oxygen atoms in total. The average molecular weight is 282 g/mol. The molecule has 0 spiro atoms. The Morgan fingerprint density at radius 2 is 1.80 bits per heavy atom. The van der Waals surface area contributed by atoms with Gasteiger partial charge in [-0.3, -0.25) is 0 Å². The Kier molecular flexibility index (Phi) is 3.89. The van der Waals surface area contributed by atoms with Crippen LogP contribution in [-0.4, -0.2) is 16.1 Å². The minimum absolute atomic E-state index is 0.193. The fourth-order valence-electron chi connectivity index (χ4n) is 1.84. The summed E-state index contributed by atoms with van der Waals surface area (Å²) in [6, 6.07) is 8.93. The number of nitrogens with zero attached hydrogens (tertiary/aromatic N) is 2. The van der Waals surface area contributed by atoms with Crippen LogP contribution in [0.25, 0.3) is 11.3 Å². The van der Waals surface area contributed by atoms with Crippen molar-refractivity contribution in [2.24, 2.45) is 5.84 Å². The van der Waals surface area contributed by atoms with Crippen molar-refractivity contribution < 1.29 is 13.2 Å². The first kappa shape index (κ1) is 14.3. The van der Waals surface area contributed by atoms with E-state index < -0.39 is 12.6 Å². The number of anilines is 1. The highest BCUT2D eigenvalue weighted by Gasteiger charge is 2.30. The molecular weight excluding hydrogens is 269 g/mol. The van der Waals surface area contributed by atoms with E-state index in [9.17, 15) is 13.2 Å². The highest BCUT2D eigenvalue weighted by Crippen LogP contribution is 2.27. The van der Waals surface area contributed by atoms with Gasteiger partial charge in [0.05, 0.1) is 5.69 Å². The van der Waals surface area contributed by atoms with Crippen molar-refractivity contribution in [3.05, 3.63) is 41.7 Å². The second kappa shape index (κ2) is 5.46. The maximum Gasteiger partial charge on any atom is 0.396 e.